The van der Waals surface area contributed by atoms with Crippen LogP contribution in [-0.4, -0.2) is 18.2 Å². The number of hydrogen-bond acceptors (Lipinski definition) is 3. The molecule has 0 aliphatic carbocycles. The summed E-state index contributed by atoms with van der Waals surface area (Å²) < 4.78 is 63.7. The van der Waals surface area contributed by atoms with Gasteiger partial charge in [0.1, 0.15) is 11.5 Å². The quantitative estimate of drug-likeness (QED) is 0.750. The number of sulfonamides is 1. The van der Waals surface area contributed by atoms with Gasteiger partial charge in [-0.25, -0.2) is 31.4 Å². The minimum absolute atomic E-state index is 0.110. The van der Waals surface area contributed by atoms with Crippen molar-refractivity contribution in [3.05, 3.63) is 65.6 Å². The lowest BCUT2D eigenvalue weighted by Crippen LogP contribution is -2.12. The Kier molecular flexibility index (Phi) is 4.59. The summed E-state index contributed by atoms with van der Waals surface area (Å²) >= 11 is 0. The average Bonchev–Trinajstić information content (AvgIpc) is 3.02. The highest BCUT2D eigenvalue weighted by Crippen LogP contribution is 2.29. The fourth-order valence-electron chi connectivity index (χ4n) is 2.49. The van der Waals surface area contributed by atoms with Gasteiger partial charge in [-0.1, -0.05) is 0 Å². The Bertz CT molecular complexity index is 1060. The largest absolute Gasteiger partial charge is 0.282 e. The number of primary sulfonamides is 1. The predicted octanol–water partition coefficient (Wildman–Crippen LogP) is 3.57. The number of benzene rings is 2. The molecule has 0 bridgehead atoms. The van der Waals surface area contributed by atoms with Gasteiger partial charge in [0.05, 0.1) is 16.3 Å². The van der Waals surface area contributed by atoms with Crippen molar-refractivity contribution in [3.63, 3.8) is 0 Å². The molecule has 0 saturated heterocycles. The Balaban J connectivity index is 2.15. The predicted molar refractivity (Wildman–Crippen MR) is 90.0 cm³/mol. The van der Waals surface area contributed by atoms with Gasteiger partial charge in [-0.3, -0.25) is 0 Å². The van der Waals surface area contributed by atoms with Crippen LogP contribution in [-0.2, 0) is 10.0 Å². The molecule has 0 aliphatic heterocycles. The second-order valence-corrected chi connectivity index (χ2v) is 7.23. The number of nitrogens with zero attached hydrogens (tertiary/aromatic N) is 2. The fraction of sp³-hybridized carbons (Fsp3) is 0.118. The molecule has 0 spiro atoms. The van der Waals surface area contributed by atoms with E-state index in [2.05, 4.69) is 5.10 Å². The normalized spacial score (nSPS) is 11.9. The highest BCUT2D eigenvalue weighted by molar-refractivity contribution is 7.89. The lowest BCUT2D eigenvalue weighted by Gasteiger charge is -2.09. The van der Waals surface area contributed by atoms with Crippen LogP contribution in [0.4, 0.5) is 13.2 Å². The van der Waals surface area contributed by atoms with E-state index in [-0.39, 0.29) is 4.90 Å². The van der Waals surface area contributed by atoms with Crippen molar-refractivity contribution in [2.75, 3.05) is 0 Å². The van der Waals surface area contributed by atoms with Gasteiger partial charge in [0.25, 0.3) is 6.43 Å². The van der Waals surface area contributed by atoms with Gasteiger partial charge in [-0.15, -0.1) is 0 Å². The SMILES string of the molecule is Cc1cc(-c2cc(C(F)F)nn2-c2ccc(S(N)(=O)=O)cc2)ccc1F. The standard InChI is InChI=1S/C17H14F3N3O2S/c1-10-8-11(2-7-14(10)18)16-9-15(17(19)20)22-23(16)12-3-5-13(6-4-12)26(21,24)25/h2-9,17H,1H3,(H2,21,24,25). The summed E-state index contributed by atoms with van der Waals surface area (Å²) in [5.74, 6) is -0.411. The Morgan fingerprint density at radius 3 is 2.27 bits per heavy atom. The Morgan fingerprint density at radius 2 is 1.73 bits per heavy atom. The Labute approximate surface area is 147 Å². The van der Waals surface area contributed by atoms with Crippen LogP contribution >= 0.6 is 0 Å². The number of rotatable bonds is 4. The zero-order chi connectivity index (χ0) is 19.1. The first-order valence-electron chi connectivity index (χ1n) is 7.44. The van der Waals surface area contributed by atoms with E-state index in [4.69, 9.17) is 5.14 Å². The molecule has 0 amide bonds. The van der Waals surface area contributed by atoms with Crippen molar-refractivity contribution in [1.82, 2.24) is 9.78 Å². The molecule has 0 fully saturated rings. The van der Waals surface area contributed by atoms with Crippen LogP contribution in [0, 0.1) is 12.7 Å². The summed E-state index contributed by atoms with van der Waals surface area (Å²) in [6.07, 6.45) is -2.79. The van der Waals surface area contributed by atoms with E-state index < -0.39 is 28.0 Å². The molecule has 0 atom stereocenters. The topological polar surface area (TPSA) is 78.0 Å². The minimum Gasteiger partial charge on any atom is -0.233 e. The van der Waals surface area contributed by atoms with E-state index in [1.165, 1.54) is 53.2 Å². The molecule has 3 rings (SSSR count). The van der Waals surface area contributed by atoms with Gasteiger partial charge in [0.15, 0.2) is 0 Å². The summed E-state index contributed by atoms with van der Waals surface area (Å²) in [6, 6.07) is 10.8. The van der Waals surface area contributed by atoms with Gasteiger partial charge >= 0.3 is 0 Å². The van der Waals surface area contributed by atoms with Crippen molar-refractivity contribution >= 4 is 10.0 Å². The first-order valence-corrected chi connectivity index (χ1v) is 8.99. The summed E-state index contributed by atoms with van der Waals surface area (Å²) in [5, 5.41) is 8.95. The molecule has 3 aromatic rings. The van der Waals surface area contributed by atoms with Crippen LogP contribution in [0.1, 0.15) is 17.7 Å². The van der Waals surface area contributed by atoms with E-state index in [0.29, 0.717) is 22.5 Å². The highest BCUT2D eigenvalue weighted by atomic mass is 32.2. The maximum absolute atomic E-state index is 13.5. The molecule has 0 aliphatic rings. The molecule has 0 saturated carbocycles. The molecular formula is C17H14F3N3O2S. The molecule has 2 aromatic carbocycles. The number of nitrogens with two attached hydrogens (primary N) is 1. The van der Waals surface area contributed by atoms with Crippen molar-refractivity contribution in [3.8, 4) is 16.9 Å². The van der Waals surface area contributed by atoms with Gasteiger partial charge in [-0.2, -0.15) is 5.10 Å². The molecular weight excluding hydrogens is 367 g/mol. The zero-order valence-corrected chi connectivity index (χ0v) is 14.3. The first-order chi connectivity index (χ1) is 12.2. The molecule has 1 heterocycles. The lowest BCUT2D eigenvalue weighted by atomic mass is 10.1. The zero-order valence-electron chi connectivity index (χ0n) is 13.5. The van der Waals surface area contributed by atoms with Crippen LogP contribution in [0.5, 0.6) is 0 Å². The van der Waals surface area contributed by atoms with E-state index >= 15 is 0 Å². The van der Waals surface area contributed by atoms with Crippen molar-refractivity contribution in [1.29, 1.82) is 0 Å². The van der Waals surface area contributed by atoms with E-state index in [0.717, 1.165) is 0 Å². The average molecular weight is 381 g/mol. The Hall–Kier alpha value is -2.65. The third kappa shape index (κ3) is 3.49. The van der Waals surface area contributed by atoms with Crippen molar-refractivity contribution in [2.45, 2.75) is 18.2 Å². The van der Waals surface area contributed by atoms with Crippen LogP contribution in [0.2, 0.25) is 0 Å². The molecule has 9 heteroatoms. The summed E-state index contributed by atoms with van der Waals surface area (Å²) in [7, 11) is -3.87. The summed E-state index contributed by atoms with van der Waals surface area (Å²) in [4.78, 5) is -0.110. The van der Waals surface area contributed by atoms with Gasteiger partial charge in [-0.05, 0) is 61.0 Å². The third-order valence-electron chi connectivity index (χ3n) is 3.82. The second-order valence-electron chi connectivity index (χ2n) is 5.67. The van der Waals surface area contributed by atoms with Gasteiger partial charge in [0, 0.05) is 5.56 Å². The maximum atomic E-state index is 13.5. The first kappa shape index (κ1) is 18.2. The monoisotopic (exact) mass is 381 g/mol. The van der Waals surface area contributed by atoms with Gasteiger partial charge < -0.3 is 0 Å². The number of halogens is 3. The smallest absolute Gasteiger partial charge is 0.233 e. The minimum atomic E-state index is -3.87. The molecule has 0 radical (unpaired) electrons. The Morgan fingerprint density at radius 1 is 1.08 bits per heavy atom. The molecule has 2 N–H and O–H groups in total. The number of hydrogen-bond donors (Lipinski definition) is 1. The van der Waals surface area contributed by atoms with Crippen molar-refractivity contribution < 1.29 is 21.6 Å². The molecule has 5 nitrogen and oxygen atoms in total. The third-order valence-corrected chi connectivity index (χ3v) is 4.74. The number of aromatic nitrogens is 2. The van der Waals surface area contributed by atoms with Crippen LogP contribution in [0.25, 0.3) is 16.9 Å². The lowest BCUT2D eigenvalue weighted by molar-refractivity contribution is 0.145. The summed E-state index contributed by atoms with van der Waals surface area (Å²) in [6.45, 7) is 1.56. The van der Waals surface area contributed by atoms with Crippen LogP contribution in [0.15, 0.2) is 53.4 Å². The van der Waals surface area contributed by atoms with Crippen LogP contribution in [0.3, 0.4) is 0 Å². The van der Waals surface area contributed by atoms with Gasteiger partial charge in [0.2, 0.25) is 10.0 Å². The number of alkyl halides is 2. The molecule has 0 unspecified atom stereocenters. The number of aryl methyl sites for hydroxylation is 1. The summed E-state index contributed by atoms with van der Waals surface area (Å²) in [5.41, 5.74) is 1.10. The molecule has 1 aromatic heterocycles. The van der Waals surface area contributed by atoms with E-state index in [1.54, 1.807) is 6.92 Å². The fourth-order valence-corrected chi connectivity index (χ4v) is 3.00. The maximum Gasteiger partial charge on any atom is 0.282 e. The van der Waals surface area contributed by atoms with E-state index in [9.17, 15) is 21.6 Å². The highest BCUT2D eigenvalue weighted by Gasteiger charge is 2.18. The second kappa shape index (κ2) is 6.58. The van der Waals surface area contributed by atoms with Crippen LogP contribution < -0.4 is 5.14 Å². The van der Waals surface area contributed by atoms with E-state index in [1.807, 2.05) is 0 Å². The molecule has 26 heavy (non-hydrogen) atoms. The van der Waals surface area contributed by atoms with Crippen molar-refractivity contribution in [2.24, 2.45) is 5.14 Å². The molecule has 136 valence electrons.